The van der Waals surface area contributed by atoms with Crippen LogP contribution >= 0.6 is 0 Å². The van der Waals surface area contributed by atoms with Gasteiger partial charge in [0.1, 0.15) is 0 Å². The number of fused-ring (bicyclic) bond motifs is 9. The van der Waals surface area contributed by atoms with Crippen LogP contribution in [0.15, 0.2) is 103 Å². The van der Waals surface area contributed by atoms with Crippen LogP contribution < -0.4 is 4.90 Å². The fraction of sp³-hybridized carbons (Fsp3) is 0.0909. The third-order valence-corrected chi connectivity index (χ3v) is 7.89. The van der Waals surface area contributed by atoms with E-state index in [0.29, 0.717) is 0 Å². The summed E-state index contributed by atoms with van der Waals surface area (Å²) in [5.41, 5.74) is 18.2. The average molecular weight is 434 g/mol. The van der Waals surface area contributed by atoms with E-state index in [0.717, 1.165) is 19.3 Å². The first kappa shape index (κ1) is 18.3. The molecule has 160 valence electrons. The van der Waals surface area contributed by atoms with Crippen LogP contribution in [0.3, 0.4) is 0 Å². The van der Waals surface area contributed by atoms with E-state index in [1.54, 1.807) is 0 Å². The molecule has 0 bridgehead atoms. The molecule has 1 heterocycles. The SMILES string of the molecule is c1ccc2c(c1)Cc1ccc3c(c1-2)-c1ccc(N2c4ccccc4Cc4ccccc42)cc1C3. The molecule has 8 rings (SSSR count). The van der Waals surface area contributed by atoms with Crippen molar-refractivity contribution in [3.8, 4) is 22.3 Å². The van der Waals surface area contributed by atoms with Gasteiger partial charge in [-0.15, -0.1) is 0 Å². The molecule has 1 heteroatoms. The lowest BCUT2D eigenvalue weighted by Crippen LogP contribution is -2.18. The zero-order valence-corrected chi connectivity index (χ0v) is 18.9. The van der Waals surface area contributed by atoms with E-state index in [9.17, 15) is 0 Å². The van der Waals surface area contributed by atoms with E-state index in [1.807, 2.05) is 0 Å². The van der Waals surface area contributed by atoms with Gasteiger partial charge in [0.15, 0.2) is 0 Å². The Balaban J connectivity index is 1.30. The maximum atomic E-state index is 2.46. The number of rotatable bonds is 1. The van der Waals surface area contributed by atoms with Crippen LogP contribution in [0, 0.1) is 0 Å². The Labute approximate surface area is 199 Å². The molecule has 0 atom stereocenters. The number of hydrogen-bond acceptors (Lipinski definition) is 1. The second-order valence-corrected chi connectivity index (χ2v) is 9.76. The zero-order valence-electron chi connectivity index (χ0n) is 18.9. The van der Waals surface area contributed by atoms with Gasteiger partial charge in [-0.2, -0.15) is 0 Å². The molecule has 2 aliphatic carbocycles. The van der Waals surface area contributed by atoms with Gasteiger partial charge in [0.2, 0.25) is 0 Å². The van der Waals surface area contributed by atoms with Crippen molar-refractivity contribution in [3.63, 3.8) is 0 Å². The van der Waals surface area contributed by atoms with Crippen molar-refractivity contribution >= 4 is 17.1 Å². The highest BCUT2D eigenvalue weighted by atomic mass is 15.2. The van der Waals surface area contributed by atoms with E-state index in [2.05, 4.69) is 108 Å². The third kappa shape index (κ3) is 2.44. The number of hydrogen-bond donors (Lipinski definition) is 0. The molecule has 5 aromatic carbocycles. The van der Waals surface area contributed by atoms with Crippen LogP contribution in [0.1, 0.15) is 33.4 Å². The molecule has 1 aliphatic heterocycles. The van der Waals surface area contributed by atoms with Crippen molar-refractivity contribution in [3.05, 3.63) is 137 Å². The second-order valence-electron chi connectivity index (χ2n) is 9.76. The van der Waals surface area contributed by atoms with Crippen LogP contribution in [0.5, 0.6) is 0 Å². The van der Waals surface area contributed by atoms with E-state index >= 15 is 0 Å². The lowest BCUT2D eigenvalue weighted by Gasteiger charge is -2.33. The molecule has 0 fully saturated rings. The Morgan fingerprint density at radius 2 is 0.941 bits per heavy atom. The van der Waals surface area contributed by atoms with E-state index in [-0.39, 0.29) is 0 Å². The number of nitrogens with zero attached hydrogens (tertiary/aromatic N) is 1. The molecule has 34 heavy (non-hydrogen) atoms. The van der Waals surface area contributed by atoms with Gasteiger partial charge in [-0.25, -0.2) is 0 Å². The summed E-state index contributed by atoms with van der Waals surface area (Å²) in [6, 6.07) is 38.5. The minimum absolute atomic E-state index is 0.991. The van der Waals surface area contributed by atoms with Crippen LogP contribution in [0.25, 0.3) is 22.3 Å². The normalized spacial score (nSPS) is 14.1. The molecule has 0 N–H and O–H groups in total. The molecular weight excluding hydrogens is 410 g/mol. The summed E-state index contributed by atoms with van der Waals surface area (Å²) >= 11 is 0. The first-order valence-corrected chi connectivity index (χ1v) is 12.2. The Kier molecular flexibility index (Phi) is 3.62. The van der Waals surface area contributed by atoms with E-state index in [1.165, 1.54) is 72.7 Å². The summed E-state index contributed by atoms with van der Waals surface area (Å²) in [5.74, 6) is 0. The molecule has 0 saturated heterocycles. The Morgan fingerprint density at radius 3 is 1.65 bits per heavy atom. The molecule has 0 unspecified atom stereocenters. The van der Waals surface area contributed by atoms with Crippen LogP contribution in [-0.4, -0.2) is 0 Å². The lowest BCUT2D eigenvalue weighted by molar-refractivity contribution is 1.09. The summed E-state index contributed by atoms with van der Waals surface area (Å²) in [4.78, 5) is 2.46. The van der Waals surface area contributed by atoms with Gasteiger partial charge in [0.05, 0.1) is 0 Å². The summed E-state index contributed by atoms with van der Waals surface area (Å²) in [7, 11) is 0. The predicted molar refractivity (Wildman–Crippen MR) is 140 cm³/mol. The molecule has 1 nitrogen and oxygen atoms in total. The van der Waals surface area contributed by atoms with Crippen molar-refractivity contribution in [1.29, 1.82) is 0 Å². The van der Waals surface area contributed by atoms with Gasteiger partial charge < -0.3 is 4.90 Å². The summed E-state index contributed by atoms with van der Waals surface area (Å²) in [6.45, 7) is 0. The minimum Gasteiger partial charge on any atom is -0.310 e. The van der Waals surface area contributed by atoms with E-state index in [4.69, 9.17) is 0 Å². The maximum absolute atomic E-state index is 2.46. The molecule has 0 aromatic heterocycles. The van der Waals surface area contributed by atoms with Gasteiger partial charge in [0, 0.05) is 23.5 Å². The monoisotopic (exact) mass is 433 g/mol. The van der Waals surface area contributed by atoms with Crippen molar-refractivity contribution in [2.75, 3.05) is 4.90 Å². The topological polar surface area (TPSA) is 3.24 Å². The number of benzene rings is 5. The molecule has 5 aromatic rings. The van der Waals surface area contributed by atoms with Crippen molar-refractivity contribution in [1.82, 2.24) is 0 Å². The van der Waals surface area contributed by atoms with Gasteiger partial charge in [0.25, 0.3) is 0 Å². The molecular formula is C33H23N. The van der Waals surface area contributed by atoms with Crippen molar-refractivity contribution < 1.29 is 0 Å². The van der Waals surface area contributed by atoms with Gasteiger partial charge >= 0.3 is 0 Å². The summed E-state index contributed by atoms with van der Waals surface area (Å²) in [5, 5.41) is 0. The first-order chi connectivity index (χ1) is 16.8. The van der Waals surface area contributed by atoms with Gasteiger partial charge in [-0.1, -0.05) is 78.9 Å². The second kappa shape index (κ2) is 6.71. The standard InChI is InChI=1S/C33H23N/c1-4-10-28-21(7-1)17-24-13-14-25-19-26-20-27(15-16-29(26)33(25)32(24)28)34-30-11-5-2-8-22(30)18-23-9-3-6-12-31(23)34/h1-16,20H,17-19H2. The fourth-order valence-electron chi connectivity index (χ4n) is 6.41. The Bertz CT molecular complexity index is 1600. The largest absolute Gasteiger partial charge is 0.310 e. The van der Waals surface area contributed by atoms with Crippen LogP contribution in [-0.2, 0) is 19.3 Å². The smallest absolute Gasteiger partial charge is 0.0497 e. The maximum Gasteiger partial charge on any atom is 0.0497 e. The minimum atomic E-state index is 0.991. The number of anilines is 3. The highest BCUT2D eigenvalue weighted by Crippen LogP contribution is 2.51. The van der Waals surface area contributed by atoms with Crippen molar-refractivity contribution in [2.24, 2.45) is 0 Å². The summed E-state index contributed by atoms with van der Waals surface area (Å²) in [6.07, 6.45) is 3.05. The predicted octanol–water partition coefficient (Wildman–Crippen LogP) is 8.20. The third-order valence-electron chi connectivity index (χ3n) is 7.89. The highest BCUT2D eigenvalue weighted by Gasteiger charge is 2.30. The molecule has 3 aliphatic rings. The quantitative estimate of drug-likeness (QED) is 0.252. The average Bonchev–Trinajstić information content (AvgIpc) is 3.44. The molecule has 0 amide bonds. The van der Waals surface area contributed by atoms with Gasteiger partial charge in [-0.05, 0) is 92.7 Å². The Hall–Kier alpha value is -4.10. The molecule has 0 spiro atoms. The van der Waals surface area contributed by atoms with E-state index < -0.39 is 0 Å². The molecule has 0 saturated carbocycles. The lowest BCUT2D eigenvalue weighted by atomic mass is 9.93. The van der Waals surface area contributed by atoms with Crippen LogP contribution in [0.2, 0.25) is 0 Å². The number of para-hydroxylation sites is 2. The molecule has 0 radical (unpaired) electrons. The fourth-order valence-corrected chi connectivity index (χ4v) is 6.41. The summed E-state index contributed by atoms with van der Waals surface area (Å²) < 4.78 is 0. The van der Waals surface area contributed by atoms with Gasteiger partial charge in [-0.3, -0.25) is 0 Å². The highest BCUT2D eigenvalue weighted by molar-refractivity contribution is 5.96. The van der Waals surface area contributed by atoms with Crippen LogP contribution in [0.4, 0.5) is 17.1 Å². The Morgan fingerprint density at radius 1 is 0.412 bits per heavy atom. The zero-order chi connectivity index (χ0) is 22.2. The van der Waals surface area contributed by atoms with Crippen molar-refractivity contribution in [2.45, 2.75) is 19.3 Å². The first-order valence-electron chi connectivity index (χ1n) is 12.2.